The molecule has 1 N–H and O–H groups in total. The second-order valence-electron chi connectivity index (χ2n) is 3.64. The first-order chi connectivity index (χ1) is 8.00. The normalized spacial score (nSPS) is 12.2. The van der Waals surface area contributed by atoms with Gasteiger partial charge in [-0.1, -0.05) is 0 Å². The van der Waals surface area contributed by atoms with Crippen LogP contribution in [0.2, 0.25) is 0 Å². The van der Waals surface area contributed by atoms with Gasteiger partial charge in [0.15, 0.2) is 11.5 Å². The molecule has 0 aliphatic heterocycles. The molecular weight excluding hydrogens is 233 g/mol. The van der Waals surface area contributed by atoms with Crippen LogP contribution in [0.25, 0.3) is 11.1 Å². The van der Waals surface area contributed by atoms with Crippen molar-refractivity contribution in [2.24, 2.45) is 0 Å². The van der Waals surface area contributed by atoms with Crippen molar-refractivity contribution < 1.29 is 17.6 Å². The highest BCUT2D eigenvalue weighted by atomic mass is 19.4. The van der Waals surface area contributed by atoms with Crippen LogP contribution in [0.1, 0.15) is 11.5 Å². The van der Waals surface area contributed by atoms with Gasteiger partial charge in [-0.3, -0.25) is 0 Å². The summed E-state index contributed by atoms with van der Waals surface area (Å²) in [7, 11) is 1.78. The van der Waals surface area contributed by atoms with Crippen molar-refractivity contribution in [2.75, 3.05) is 13.6 Å². The van der Waals surface area contributed by atoms with E-state index < -0.39 is 11.7 Å². The van der Waals surface area contributed by atoms with Gasteiger partial charge < -0.3 is 9.73 Å². The lowest BCUT2D eigenvalue weighted by atomic mass is 10.2. The van der Waals surface area contributed by atoms with E-state index in [1.165, 1.54) is 6.07 Å². The molecule has 0 saturated carbocycles. The Morgan fingerprint density at radius 2 is 2.12 bits per heavy atom. The van der Waals surface area contributed by atoms with Crippen molar-refractivity contribution in [3.05, 3.63) is 29.7 Å². The van der Waals surface area contributed by atoms with Gasteiger partial charge in [-0.15, -0.1) is 0 Å². The molecule has 1 aromatic carbocycles. The predicted molar refractivity (Wildman–Crippen MR) is 56.6 cm³/mol. The number of aromatic nitrogens is 1. The smallest absolute Gasteiger partial charge is 0.416 e. The number of benzene rings is 1. The van der Waals surface area contributed by atoms with Gasteiger partial charge in [-0.05, 0) is 25.2 Å². The second kappa shape index (κ2) is 4.37. The number of oxazole rings is 1. The summed E-state index contributed by atoms with van der Waals surface area (Å²) in [6, 6.07) is 3.30. The Morgan fingerprint density at radius 1 is 1.35 bits per heavy atom. The van der Waals surface area contributed by atoms with E-state index in [0.29, 0.717) is 24.4 Å². The average Bonchev–Trinajstić information content (AvgIpc) is 2.66. The minimum Gasteiger partial charge on any atom is -0.441 e. The number of nitrogens with one attached hydrogen (secondary N) is 1. The molecule has 0 spiro atoms. The molecule has 0 amide bonds. The number of rotatable bonds is 3. The number of likely N-dealkylation sites (N-methyl/N-ethyl adjacent to an activating group) is 1. The predicted octanol–water partition coefficient (Wildman–Crippen LogP) is 2.61. The van der Waals surface area contributed by atoms with Gasteiger partial charge in [0.25, 0.3) is 0 Å². The van der Waals surface area contributed by atoms with Crippen molar-refractivity contribution in [3.63, 3.8) is 0 Å². The largest absolute Gasteiger partial charge is 0.441 e. The minimum atomic E-state index is -4.35. The Hall–Kier alpha value is -1.56. The van der Waals surface area contributed by atoms with Crippen molar-refractivity contribution in [1.29, 1.82) is 0 Å². The number of halogens is 3. The summed E-state index contributed by atoms with van der Waals surface area (Å²) in [5, 5.41) is 2.92. The third kappa shape index (κ3) is 2.58. The van der Waals surface area contributed by atoms with Crippen molar-refractivity contribution in [3.8, 4) is 0 Å². The zero-order valence-electron chi connectivity index (χ0n) is 9.14. The van der Waals surface area contributed by atoms with Crippen molar-refractivity contribution in [2.45, 2.75) is 12.6 Å². The molecule has 2 rings (SSSR count). The zero-order valence-corrected chi connectivity index (χ0v) is 9.14. The highest BCUT2D eigenvalue weighted by Crippen LogP contribution is 2.31. The molecule has 0 unspecified atom stereocenters. The zero-order chi connectivity index (χ0) is 12.5. The lowest BCUT2D eigenvalue weighted by Crippen LogP contribution is -2.10. The quantitative estimate of drug-likeness (QED) is 0.901. The van der Waals surface area contributed by atoms with E-state index >= 15 is 0 Å². The number of fused-ring (bicyclic) bond motifs is 1. The Balaban J connectivity index is 2.34. The van der Waals surface area contributed by atoms with E-state index in [9.17, 15) is 13.2 Å². The van der Waals surface area contributed by atoms with Gasteiger partial charge in [0.05, 0.1) is 5.56 Å². The fraction of sp³-hybridized carbons (Fsp3) is 0.364. The molecule has 0 bridgehead atoms. The maximum atomic E-state index is 12.5. The third-order valence-electron chi connectivity index (χ3n) is 2.35. The van der Waals surface area contributed by atoms with Gasteiger partial charge >= 0.3 is 6.18 Å². The number of hydrogen-bond acceptors (Lipinski definition) is 3. The first-order valence-electron chi connectivity index (χ1n) is 5.12. The van der Waals surface area contributed by atoms with E-state index in [0.717, 1.165) is 12.1 Å². The van der Waals surface area contributed by atoms with Gasteiger partial charge in [0.1, 0.15) is 5.52 Å². The summed E-state index contributed by atoms with van der Waals surface area (Å²) in [6.45, 7) is 0.666. The van der Waals surface area contributed by atoms with Crippen molar-refractivity contribution >= 4 is 11.1 Å². The van der Waals surface area contributed by atoms with Crippen LogP contribution in [0.4, 0.5) is 13.2 Å². The van der Waals surface area contributed by atoms with Crippen LogP contribution in [0.5, 0.6) is 0 Å². The summed E-state index contributed by atoms with van der Waals surface area (Å²) in [6.07, 6.45) is -3.80. The molecule has 0 aliphatic carbocycles. The van der Waals surface area contributed by atoms with E-state index in [1.54, 1.807) is 7.05 Å². The number of hydrogen-bond donors (Lipinski definition) is 1. The van der Waals surface area contributed by atoms with Crippen LogP contribution in [0, 0.1) is 0 Å². The molecule has 1 heterocycles. The number of nitrogens with zero attached hydrogens (tertiary/aromatic N) is 1. The lowest BCUT2D eigenvalue weighted by Gasteiger charge is -2.04. The first-order valence-corrected chi connectivity index (χ1v) is 5.12. The fourth-order valence-electron chi connectivity index (χ4n) is 1.49. The molecule has 0 radical (unpaired) electrons. The lowest BCUT2D eigenvalue weighted by molar-refractivity contribution is -0.137. The molecule has 0 aliphatic rings. The first kappa shape index (κ1) is 11.9. The average molecular weight is 244 g/mol. The molecule has 0 fully saturated rings. The van der Waals surface area contributed by atoms with Gasteiger partial charge in [0.2, 0.25) is 0 Å². The highest BCUT2D eigenvalue weighted by Gasteiger charge is 2.30. The van der Waals surface area contributed by atoms with Gasteiger partial charge in [-0.2, -0.15) is 13.2 Å². The number of alkyl halides is 3. The van der Waals surface area contributed by atoms with E-state index in [-0.39, 0.29) is 5.52 Å². The maximum Gasteiger partial charge on any atom is 0.416 e. The summed E-state index contributed by atoms with van der Waals surface area (Å²) in [4.78, 5) is 4.02. The second-order valence-corrected chi connectivity index (χ2v) is 3.64. The third-order valence-corrected chi connectivity index (χ3v) is 2.35. The Bertz CT molecular complexity index is 519. The molecule has 3 nitrogen and oxygen atoms in total. The highest BCUT2D eigenvalue weighted by molar-refractivity contribution is 5.73. The molecule has 0 atom stereocenters. The molecule has 17 heavy (non-hydrogen) atoms. The summed E-state index contributed by atoms with van der Waals surface area (Å²) >= 11 is 0. The van der Waals surface area contributed by atoms with Crippen LogP contribution < -0.4 is 5.32 Å². The van der Waals surface area contributed by atoms with E-state index in [2.05, 4.69) is 10.3 Å². The molecule has 1 aromatic heterocycles. The van der Waals surface area contributed by atoms with Crippen LogP contribution in [0.3, 0.4) is 0 Å². The molecule has 6 heteroatoms. The Kier molecular flexibility index (Phi) is 3.06. The van der Waals surface area contributed by atoms with E-state index in [1.807, 2.05) is 0 Å². The van der Waals surface area contributed by atoms with Crippen LogP contribution in [-0.4, -0.2) is 18.6 Å². The Labute approximate surface area is 95.6 Å². The van der Waals surface area contributed by atoms with E-state index in [4.69, 9.17) is 4.42 Å². The minimum absolute atomic E-state index is 0.242. The summed E-state index contributed by atoms with van der Waals surface area (Å²) in [5.41, 5.74) is -0.0894. The molecule has 92 valence electrons. The standard InChI is InChI=1S/C11H11F3N2O/c1-15-5-4-10-16-8-6-7(11(12,13)14)2-3-9(8)17-10/h2-3,6,15H,4-5H2,1H3. The van der Waals surface area contributed by atoms with Crippen LogP contribution in [-0.2, 0) is 12.6 Å². The molecule has 0 saturated heterocycles. The summed E-state index contributed by atoms with van der Waals surface area (Å²) in [5.74, 6) is 0.439. The van der Waals surface area contributed by atoms with Crippen LogP contribution in [0.15, 0.2) is 22.6 Å². The van der Waals surface area contributed by atoms with Crippen molar-refractivity contribution in [1.82, 2.24) is 10.3 Å². The van der Waals surface area contributed by atoms with Crippen LogP contribution >= 0.6 is 0 Å². The van der Waals surface area contributed by atoms with Gasteiger partial charge in [-0.25, -0.2) is 4.98 Å². The monoisotopic (exact) mass is 244 g/mol. The SMILES string of the molecule is CNCCc1nc2cc(C(F)(F)F)ccc2o1. The maximum absolute atomic E-state index is 12.5. The van der Waals surface area contributed by atoms with Gasteiger partial charge in [0, 0.05) is 13.0 Å². The topological polar surface area (TPSA) is 38.1 Å². The summed E-state index contributed by atoms with van der Waals surface area (Å²) < 4.78 is 42.7. The molecule has 2 aromatic rings. The Morgan fingerprint density at radius 3 is 2.76 bits per heavy atom. The fourth-order valence-corrected chi connectivity index (χ4v) is 1.49. The molecular formula is C11H11F3N2O.